The molecule has 104 valence electrons. The van der Waals surface area contributed by atoms with E-state index >= 15 is 0 Å². The molecule has 0 bridgehead atoms. The molecule has 0 amide bonds. The molecule has 2 aromatic rings. The van der Waals surface area contributed by atoms with Crippen molar-refractivity contribution in [1.82, 2.24) is 0 Å². The number of anilines is 1. The average molecular weight is 371 g/mol. The van der Waals surface area contributed by atoms with Crippen LogP contribution in [0.4, 0.5) is 5.69 Å². The summed E-state index contributed by atoms with van der Waals surface area (Å²) in [5.41, 5.74) is 2.47. The first kappa shape index (κ1) is 15.0. The molecule has 0 aliphatic carbocycles. The molecule has 4 nitrogen and oxygen atoms in total. The second-order valence-electron chi connectivity index (χ2n) is 4.27. The largest absolute Gasteiger partial charge is 0.279 e. The molecule has 0 saturated carbocycles. The first-order valence-electron chi connectivity index (χ1n) is 5.63. The third-order valence-electron chi connectivity index (χ3n) is 2.71. The molecule has 0 unspecified atom stereocenters. The van der Waals surface area contributed by atoms with Crippen LogP contribution in [0.3, 0.4) is 0 Å². The van der Waals surface area contributed by atoms with Crippen molar-refractivity contribution in [2.75, 3.05) is 4.72 Å². The Bertz CT molecular complexity index is 785. The van der Waals surface area contributed by atoms with Gasteiger partial charge in [0.05, 0.1) is 21.1 Å². The zero-order valence-corrected chi connectivity index (χ0v) is 14.0. The Hall–Kier alpha value is -1.36. The minimum Gasteiger partial charge on any atom is -0.279 e. The summed E-state index contributed by atoms with van der Waals surface area (Å²) in [6.45, 7) is 3.62. The summed E-state index contributed by atoms with van der Waals surface area (Å²) in [4.78, 5) is 0. The Balaban J connectivity index is 2.41. The van der Waals surface area contributed by atoms with E-state index in [0.717, 1.165) is 26.3 Å². The maximum absolute atomic E-state index is 12.3. The predicted molar refractivity (Wildman–Crippen MR) is 83.5 cm³/mol. The van der Waals surface area contributed by atoms with Gasteiger partial charge in [-0.25, -0.2) is 8.42 Å². The third kappa shape index (κ3) is 3.03. The number of sulfonamides is 1. The monoisotopic (exact) mass is 370 g/mol. The minimum absolute atomic E-state index is 0.239. The Labute approximate surface area is 130 Å². The van der Waals surface area contributed by atoms with E-state index in [4.69, 9.17) is 5.26 Å². The van der Waals surface area contributed by atoms with E-state index < -0.39 is 10.0 Å². The lowest BCUT2D eigenvalue weighted by Gasteiger charge is -2.09. The summed E-state index contributed by atoms with van der Waals surface area (Å²) >= 11 is 4.47. The molecule has 0 aliphatic rings. The lowest BCUT2D eigenvalue weighted by molar-refractivity contribution is 0.603. The Morgan fingerprint density at radius 1 is 1.25 bits per heavy atom. The predicted octanol–water partition coefficient (Wildman–Crippen LogP) is 3.80. The molecular formula is C13H11BrN2O2S2. The summed E-state index contributed by atoms with van der Waals surface area (Å²) in [5.74, 6) is 0. The van der Waals surface area contributed by atoms with Crippen molar-refractivity contribution in [3.8, 4) is 6.07 Å². The van der Waals surface area contributed by atoms with Gasteiger partial charge < -0.3 is 0 Å². The van der Waals surface area contributed by atoms with E-state index in [0.29, 0.717) is 11.3 Å². The van der Waals surface area contributed by atoms with E-state index in [1.807, 2.05) is 13.0 Å². The van der Waals surface area contributed by atoms with Crippen molar-refractivity contribution in [2.24, 2.45) is 0 Å². The molecule has 1 aromatic carbocycles. The van der Waals surface area contributed by atoms with Crippen LogP contribution in [0.1, 0.15) is 16.7 Å². The molecule has 1 N–H and O–H groups in total. The van der Waals surface area contributed by atoms with E-state index in [-0.39, 0.29) is 4.21 Å². The fraction of sp³-hybridized carbons (Fsp3) is 0.154. The number of hydrogen-bond acceptors (Lipinski definition) is 4. The van der Waals surface area contributed by atoms with Crippen molar-refractivity contribution in [1.29, 1.82) is 5.26 Å². The van der Waals surface area contributed by atoms with Crippen LogP contribution in [-0.4, -0.2) is 8.42 Å². The molecule has 1 aromatic heterocycles. The van der Waals surface area contributed by atoms with Gasteiger partial charge in [0.2, 0.25) is 0 Å². The molecule has 2 rings (SSSR count). The van der Waals surface area contributed by atoms with Crippen LogP contribution >= 0.6 is 27.3 Å². The van der Waals surface area contributed by atoms with Gasteiger partial charge in [0.25, 0.3) is 10.0 Å². The van der Waals surface area contributed by atoms with E-state index in [1.165, 1.54) is 6.07 Å². The second kappa shape index (κ2) is 5.56. The van der Waals surface area contributed by atoms with Gasteiger partial charge in [0, 0.05) is 0 Å². The molecule has 1 heterocycles. The molecule has 0 spiro atoms. The Morgan fingerprint density at radius 2 is 1.95 bits per heavy atom. The van der Waals surface area contributed by atoms with E-state index in [2.05, 4.69) is 20.7 Å². The van der Waals surface area contributed by atoms with Crippen LogP contribution in [0.5, 0.6) is 0 Å². The number of rotatable bonds is 3. The highest BCUT2D eigenvalue weighted by Gasteiger charge is 2.19. The standard InChI is InChI=1S/C13H11BrN2O2S2/c1-8-3-4-10(7-15)6-11(8)16-20(17,18)12-5-9(2)13(14)19-12/h3-6,16H,1-2H3. The quantitative estimate of drug-likeness (QED) is 0.892. The maximum Gasteiger partial charge on any atom is 0.271 e. The summed E-state index contributed by atoms with van der Waals surface area (Å²) in [6.07, 6.45) is 0. The van der Waals surface area contributed by atoms with Crippen LogP contribution in [0, 0.1) is 25.2 Å². The van der Waals surface area contributed by atoms with Gasteiger partial charge in [-0.1, -0.05) is 6.07 Å². The maximum atomic E-state index is 12.3. The van der Waals surface area contributed by atoms with Crippen molar-refractivity contribution >= 4 is 43.0 Å². The molecule has 0 saturated heterocycles. The number of halogens is 1. The smallest absolute Gasteiger partial charge is 0.271 e. The second-order valence-corrected chi connectivity index (χ2v) is 8.55. The number of hydrogen-bond donors (Lipinski definition) is 1. The normalized spacial score (nSPS) is 11.1. The van der Waals surface area contributed by atoms with Gasteiger partial charge >= 0.3 is 0 Å². The lowest BCUT2D eigenvalue weighted by Crippen LogP contribution is -2.12. The number of aryl methyl sites for hydroxylation is 2. The first-order valence-corrected chi connectivity index (χ1v) is 8.72. The van der Waals surface area contributed by atoms with E-state index in [9.17, 15) is 8.42 Å². The van der Waals surface area contributed by atoms with Crippen molar-refractivity contribution in [2.45, 2.75) is 18.1 Å². The first-order chi connectivity index (χ1) is 9.33. The van der Waals surface area contributed by atoms with Crippen molar-refractivity contribution in [3.05, 3.63) is 44.7 Å². The van der Waals surface area contributed by atoms with Crippen LogP contribution < -0.4 is 4.72 Å². The highest BCUT2D eigenvalue weighted by atomic mass is 79.9. The minimum atomic E-state index is -3.63. The third-order valence-corrected chi connectivity index (χ3v) is 6.69. The highest BCUT2D eigenvalue weighted by molar-refractivity contribution is 9.11. The van der Waals surface area contributed by atoms with Gasteiger partial charge in [-0.15, -0.1) is 11.3 Å². The number of nitrogens with one attached hydrogen (secondary N) is 1. The highest BCUT2D eigenvalue weighted by Crippen LogP contribution is 2.32. The van der Waals surface area contributed by atoms with Crippen LogP contribution in [-0.2, 0) is 10.0 Å². The molecule has 0 aliphatic heterocycles. The van der Waals surface area contributed by atoms with E-state index in [1.54, 1.807) is 25.1 Å². The summed E-state index contributed by atoms with van der Waals surface area (Å²) < 4.78 is 28.2. The fourth-order valence-corrected chi connectivity index (χ4v) is 4.91. The molecule has 0 atom stereocenters. The topological polar surface area (TPSA) is 70.0 Å². The Morgan fingerprint density at radius 3 is 2.50 bits per heavy atom. The number of thiophene rings is 1. The lowest BCUT2D eigenvalue weighted by atomic mass is 10.1. The molecule has 0 radical (unpaired) electrons. The van der Waals surface area contributed by atoms with Gasteiger partial charge in [0.1, 0.15) is 4.21 Å². The number of nitrogens with zero attached hydrogens (tertiary/aromatic N) is 1. The van der Waals surface area contributed by atoms with Gasteiger partial charge in [0.15, 0.2) is 0 Å². The summed E-state index contributed by atoms with van der Waals surface area (Å²) in [7, 11) is -3.63. The van der Waals surface area contributed by atoms with Crippen LogP contribution in [0.2, 0.25) is 0 Å². The molecule has 20 heavy (non-hydrogen) atoms. The molecular weight excluding hydrogens is 360 g/mol. The van der Waals surface area contributed by atoms with Crippen LogP contribution in [0.25, 0.3) is 0 Å². The zero-order valence-electron chi connectivity index (χ0n) is 10.8. The molecule has 0 fully saturated rings. The van der Waals surface area contributed by atoms with Gasteiger partial charge in [-0.05, 0) is 59.1 Å². The summed E-state index contributed by atoms with van der Waals surface area (Å²) in [5, 5.41) is 8.88. The molecule has 7 heteroatoms. The zero-order chi connectivity index (χ0) is 14.9. The van der Waals surface area contributed by atoms with Crippen molar-refractivity contribution in [3.63, 3.8) is 0 Å². The van der Waals surface area contributed by atoms with Crippen LogP contribution in [0.15, 0.2) is 32.3 Å². The number of benzene rings is 1. The summed E-state index contributed by atoms with van der Waals surface area (Å²) in [6, 6.07) is 8.50. The SMILES string of the molecule is Cc1ccc(C#N)cc1NS(=O)(=O)c1cc(C)c(Br)s1. The Kier molecular flexibility index (Phi) is 4.18. The fourth-order valence-electron chi connectivity index (χ4n) is 1.56. The van der Waals surface area contributed by atoms with Crippen molar-refractivity contribution < 1.29 is 8.42 Å². The number of nitriles is 1. The average Bonchev–Trinajstić information content (AvgIpc) is 2.73. The van der Waals surface area contributed by atoms with Gasteiger partial charge in [-0.2, -0.15) is 5.26 Å². The van der Waals surface area contributed by atoms with Gasteiger partial charge in [-0.3, -0.25) is 4.72 Å².